The van der Waals surface area contributed by atoms with Gasteiger partial charge in [0.1, 0.15) is 22.9 Å². The Morgan fingerprint density at radius 2 is 2.09 bits per heavy atom. The molecule has 1 fully saturated rings. The Balaban J connectivity index is 2.11. The molecule has 1 unspecified atom stereocenters. The number of nitrogens with two attached hydrogens (primary N) is 1. The Kier molecular flexibility index (Phi) is 4.08. The first-order valence-corrected chi connectivity index (χ1v) is 7.74. The predicted octanol–water partition coefficient (Wildman–Crippen LogP) is 2.76. The number of hydrogen-bond donors (Lipinski definition) is 2. The van der Waals surface area contributed by atoms with Gasteiger partial charge >= 0.3 is 0 Å². The first-order chi connectivity index (χ1) is 11.0. The van der Waals surface area contributed by atoms with Gasteiger partial charge in [0, 0.05) is 12.1 Å². The second-order valence-corrected chi connectivity index (χ2v) is 6.11. The van der Waals surface area contributed by atoms with Crippen molar-refractivity contribution in [2.45, 2.75) is 25.4 Å². The Labute approximate surface area is 135 Å². The quantitative estimate of drug-likeness (QED) is 0.890. The second-order valence-electron chi connectivity index (χ2n) is 6.11. The standard InChI is InChI=1S/C18H21FN2O2/c1-11-9-12(3-6-14(11)19)17-15(23-2)7-8-16(21-17)18(22,10-20)13-4-5-13/h3,6-9,13,22H,4-5,10,20H2,1-2H3. The zero-order valence-corrected chi connectivity index (χ0v) is 13.3. The minimum atomic E-state index is -1.11. The Bertz CT molecular complexity index is 731. The smallest absolute Gasteiger partial charge is 0.145 e. The summed E-state index contributed by atoms with van der Waals surface area (Å²) in [5.74, 6) is 0.464. The number of ether oxygens (including phenoxy) is 1. The van der Waals surface area contributed by atoms with Crippen LogP contribution in [0.1, 0.15) is 24.1 Å². The minimum Gasteiger partial charge on any atom is -0.494 e. The average molecular weight is 316 g/mol. The number of hydrogen-bond acceptors (Lipinski definition) is 4. The van der Waals surface area contributed by atoms with Gasteiger partial charge < -0.3 is 15.6 Å². The van der Waals surface area contributed by atoms with Gasteiger partial charge in [-0.2, -0.15) is 0 Å². The van der Waals surface area contributed by atoms with Gasteiger partial charge in [0.25, 0.3) is 0 Å². The van der Waals surface area contributed by atoms with Crippen molar-refractivity contribution in [2.75, 3.05) is 13.7 Å². The summed E-state index contributed by atoms with van der Waals surface area (Å²) in [6.45, 7) is 1.83. The van der Waals surface area contributed by atoms with E-state index in [0.717, 1.165) is 18.4 Å². The van der Waals surface area contributed by atoms with Crippen LogP contribution in [0.3, 0.4) is 0 Å². The molecule has 4 nitrogen and oxygen atoms in total. The van der Waals surface area contributed by atoms with E-state index < -0.39 is 5.60 Å². The minimum absolute atomic E-state index is 0.124. The molecule has 1 aliphatic rings. The van der Waals surface area contributed by atoms with Crippen LogP contribution in [0.15, 0.2) is 30.3 Å². The molecule has 0 saturated heterocycles. The van der Waals surface area contributed by atoms with E-state index in [-0.39, 0.29) is 18.3 Å². The van der Waals surface area contributed by atoms with Crippen molar-refractivity contribution < 1.29 is 14.2 Å². The van der Waals surface area contributed by atoms with E-state index in [4.69, 9.17) is 10.5 Å². The van der Waals surface area contributed by atoms with Crippen molar-refractivity contribution in [1.82, 2.24) is 4.98 Å². The van der Waals surface area contributed by atoms with E-state index in [1.165, 1.54) is 6.07 Å². The lowest BCUT2D eigenvalue weighted by Gasteiger charge is -2.26. The number of rotatable bonds is 5. The number of methoxy groups -OCH3 is 1. The lowest BCUT2D eigenvalue weighted by molar-refractivity contribution is 0.0179. The molecule has 0 bridgehead atoms. The summed E-state index contributed by atoms with van der Waals surface area (Å²) in [5, 5.41) is 10.9. The number of benzene rings is 1. The van der Waals surface area contributed by atoms with Crippen molar-refractivity contribution in [1.29, 1.82) is 0 Å². The van der Waals surface area contributed by atoms with Gasteiger partial charge in [-0.15, -0.1) is 0 Å². The maximum Gasteiger partial charge on any atom is 0.145 e. The summed E-state index contributed by atoms with van der Waals surface area (Å²) < 4.78 is 18.9. The van der Waals surface area contributed by atoms with Gasteiger partial charge in [-0.3, -0.25) is 0 Å². The molecule has 122 valence electrons. The summed E-state index contributed by atoms with van der Waals surface area (Å²) >= 11 is 0. The monoisotopic (exact) mass is 316 g/mol. The van der Waals surface area contributed by atoms with Crippen LogP contribution in [0.5, 0.6) is 5.75 Å². The molecule has 1 heterocycles. The summed E-state index contributed by atoms with van der Waals surface area (Å²) in [5.41, 5.74) is 7.11. The first-order valence-electron chi connectivity index (χ1n) is 7.74. The topological polar surface area (TPSA) is 68.4 Å². The van der Waals surface area contributed by atoms with Crippen LogP contribution < -0.4 is 10.5 Å². The van der Waals surface area contributed by atoms with Gasteiger partial charge in [-0.25, -0.2) is 9.37 Å². The van der Waals surface area contributed by atoms with Crippen LogP contribution in [0.4, 0.5) is 4.39 Å². The van der Waals surface area contributed by atoms with Crippen LogP contribution >= 0.6 is 0 Å². The first kappa shape index (κ1) is 15.9. The van der Waals surface area contributed by atoms with Gasteiger partial charge in [-0.05, 0) is 61.6 Å². The second kappa shape index (κ2) is 5.91. The molecule has 1 saturated carbocycles. The Morgan fingerprint density at radius 3 is 2.65 bits per heavy atom. The van der Waals surface area contributed by atoms with E-state index in [2.05, 4.69) is 4.98 Å². The third-order valence-corrected chi connectivity index (χ3v) is 4.52. The number of aryl methyl sites for hydroxylation is 1. The van der Waals surface area contributed by atoms with E-state index in [0.29, 0.717) is 22.7 Å². The maximum atomic E-state index is 13.5. The summed E-state index contributed by atoms with van der Waals surface area (Å²) in [7, 11) is 1.56. The van der Waals surface area contributed by atoms with Crippen LogP contribution in [0.25, 0.3) is 11.3 Å². The van der Waals surface area contributed by atoms with Crippen molar-refractivity contribution in [3.63, 3.8) is 0 Å². The molecule has 1 atom stereocenters. The van der Waals surface area contributed by atoms with Gasteiger partial charge in [-0.1, -0.05) is 0 Å². The number of aliphatic hydroxyl groups is 1. The Hall–Kier alpha value is -1.98. The van der Waals surface area contributed by atoms with E-state index in [1.54, 1.807) is 38.3 Å². The number of halogens is 1. The fraction of sp³-hybridized carbons (Fsp3) is 0.389. The molecular formula is C18H21FN2O2. The molecule has 23 heavy (non-hydrogen) atoms. The SMILES string of the molecule is COc1ccc(C(O)(CN)C2CC2)nc1-c1ccc(F)c(C)c1. The van der Waals surface area contributed by atoms with Crippen LogP contribution in [-0.2, 0) is 5.60 Å². The van der Waals surface area contributed by atoms with Gasteiger partial charge in [0.15, 0.2) is 0 Å². The number of nitrogens with zero attached hydrogens (tertiary/aromatic N) is 1. The fourth-order valence-corrected chi connectivity index (χ4v) is 2.89. The average Bonchev–Trinajstić information content (AvgIpc) is 3.41. The Morgan fingerprint density at radius 1 is 1.35 bits per heavy atom. The molecule has 2 aromatic rings. The molecular weight excluding hydrogens is 295 g/mol. The third kappa shape index (κ3) is 2.82. The van der Waals surface area contributed by atoms with E-state index >= 15 is 0 Å². The summed E-state index contributed by atoms with van der Waals surface area (Å²) in [4.78, 5) is 4.61. The lowest BCUT2D eigenvalue weighted by atomic mass is 9.92. The van der Waals surface area contributed by atoms with E-state index in [9.17, 15) is 9.50 Å². The highest BCUT2D eigenvalue weighted by Crippen LogP contribution is 2.45. The van der Waals surface area contributed by atoms with Gasteiger partial charge in [0.05, 0.1) is 12.8 Å². The zero-order valence-electron chi connectivity index (χ0n) is 13.3. The molecule has 1 aliphatic carbocycles. The van der Waals surface area contributed by atoms with Crippen molar-refractivity contribution in [2.24, 2.45) is 11.7 Å². The zero-order chi connectivity index (χ0) is 16.6. The highest BCUT2D eigenvalue weighted by Gasteiger charge is 2.45. The molecule has 1 aromatic carbocycles. The molecule has 0 aliphatic heterocycles. The fourth-order valence-electron chi connectivity index (χ4n) is 2.89. The largest absolute Gasteiger partial charge is 0.494 e. The molecule has 0 spiro atoms. The number of aromatic nitrogens is 1. The van der Waals surface area contributed by atoms with Crippen LogP contribution in [0.2, 0.25) is 0 Å². The number of pyridine rings is 1. The molecule has 5 heteroatoms. The highest BCUT2D eigenvalue weighted by atomic mass is 19.1. The lowest BCUT2D eigenvalue weighted by Crippen LogP contribution is -2.38. The summed E-state index contributed by atoms with van der Waals surface area (Å²) in [6, 6.07) is 8.33. The molecule has 3 rings (SSSR count). The van der Waals surface area contributed by atoms with Crippen molar-refractivity contribution in [3.05, 3.63) is 47.4 Å². The molecule has 3 N–H and O–H groups in total. The third-order valence-electron chi connectivity index (χ3n) is 4.52. The van der Waals surface area contributed by atoms with Crippen LogP contribution in [-0.4, -0.2) is 23.7 Å². The molecule has 0 radical (unpaired) electrons. The summed E-state index contributed by atoms with van der Waals surface area (Å²) in [6.07, 6.45) is 1.90. The van der Waals surface area contributed by atoms with Crippen molar-refractivity contribution >= 4 is 0 Å². The van der Waals surface area contributed by atoms with E-state index in [1.807, 2.05) is 0 Å². The normalized spacial score (nSPS) is 16.9. The molecule has 1 aromatic heterocycles. The van der Waals surface area contributed by atoms with Gasteiger partial charge in [0.2, 0.25) is 0 Å². The highest BCUT2D eigenvalue weighted by molar-refractivity contribution is 5.67. The predicted molar refractivity (Wildman–Crippen MR) is 86.6 cm³/mol. The van der Waals surface area contributed by atoms with Crippen LogP contribution in [0, 0.1) is 18.7 Å². The maximum absolute atomic E-state index is 13.5. The molecule has 0 amide bonds. The van der Waals surface area contributed by atoms with Crippen molar-refractivity contribution in [3.8, 4) is 17.0 Å².